The number of aliphatic hydroxyl groups is 2. The summed E-state index contributed by atoms with van der Waals surface area (Å²) in [4.78, 5) is 27.8. The zero-order valence-corrected chi connectivity index (χ0v) is 24.7. The molecular formula is C32H32Cl2FNO6. The zero-order valence-electron chi connectivity index (χ0n) is 23.2. The van der Waals surface area contributed by atoms with Crippen LogP contribution in [-0.2, 0) is 20.9 Å². The number of fused-ring (bicyclic) bond motifs is 1. The number of hydrogen-bond donors (Lipinski definition) is 3. The first-order valence-electron chi connectivity index (χ1n) is 13.9. The molecule has 4 atom stereocenters. The van der Waals surface area contributed by atoms with Gasteiger partial charge in [-0.15, -0.1) is 0 Å². The number of hydrogen-bond acceptors (Lipinski definition) is 5. The van der Waals surface area contributed by atoms with E-state index in [0.29, 0.717) is 41.7 Å². The highest BCUT2D eigenvalue weighted by Gasteiger charge is 2.57. The minimum atomic E-state index is -2.41. The summed E-state index contributed by atoms with van der Waals surface area (Å²) in [5, 5.41) is 35.3. The van der Waals surface area contributed by atoms with Crippen molar-refractivity contribution < 1.29 is 34.0 Å². The van der Waals surface area contributed by atoms with Crippen molar-refractivity contribution in [2.75, 3.05) is 13.2 Å². The third kappa shape index (κ3) is 4.99. The van der Waals surface area contributed by atoms with E-state index in [0.717, 1.165) is 4.90 Å². The van der Waals surface area contributed by atoms with Crippen molar-refractivity contribution in [2.45, 2.75) is 50.5 Å². The molecule has 3 N–H and O–H groups in total. The number of carboxylic acid groups (broad SMARTS) is 1. The van der Waals surface area contributed by atoms with E-state index in [4.69, 9.17) is 27.9 Å². The van der Waals surface area contributed by atoms with E-state index in [9.17, 15) is 24.9 Å². The Kier molecular flexibility index (Phi) is 8.40. The fraction of sp³-hybridized carbons (Fsp3) is 0.375. The van der Waals surface area contributed by atoms with Gasteiger partial charge in [0.05, 0.1) is 28.7 Å². The number of ether oxygens (including phenoxy) is 1. The first-order chi connectivity index (χ1) is 19.9. The molecule has 0 bridgehead atoms. The van der Waals surface area contributed by atoms with Crippen LogP contribution in [0.5, 0.6) is 0 Å². The van der Waals surface area contributed by atoms with Crippen molar-refractivity contribution in [3.8, 4) is 0 Å². The molecule has 0 radical (unpaired) electrons. The number of amides is 1. The van der Waals surface area contributed by atoms with Gasteiger partial charge in [-0.3, -0.25) is 14.5 Å². The van der Waals surface area contributed by atoms with E-state index >= 15 is 4.39 Å². The summed E-state index contributed by atoms with van der Waals surface area (Å²) in [6, 6.07) is 13.6. The molecule has 222 valence electrons. The second-order valence-corrected chi connectivity index (χ2v) is 11.9. The summed E-state index contributed by atoms with van der Waals surface area (Å²) in [5.74, 6) is -4.35. The second-order valence-electron chi connectivity index (χ2n) is 11.0. The molecule has 5 rings (SSSR count). The fourth-order valence-electron chi connectivity index (χ4n) is 6.43. The smallest absolute Gasteiger partial charge is 0.308 e. The van der Waals surface area contributed by atoms with Crippen LogP contribution in [0.15, 0.2) is 60.7 Å². The average molecular weight is 617 g/mol. The Labute approximate surface area is 253 Å². The van der Waals surface area contributed by atoms with Crippen LogP contribution in [0.25, 0.3) is 0 Å². The predicted octanol–water partition coefficient (Wildman–Crippen LogP) is 6.27. The maximum absolute atomic E-state index is 16.4. The molecule has 10 heteroatoms. The van der Waals surface area contributed by atoms with Gasteiger partial charge in [-0.1, -0.05) is 54.4 Å². The van der Waals surface area contributed by atoms with Crippen molar-refractivity contribution in [3.05, 3.63) is 104 Å². The lowest BCUT2D eigenvalue weighted by molar-refractivity contribution is -0.147. The van der Waals surface area contributed by atoms with Crippen LogP contribution in [0.2, 0.25) is 10.0 Å². The summed E-state index contributed by atoms with van der Waals surface area (Å²) in [6.07, 6.45) is 1.39. The fourth-order valence-corrected chi connectivity index (χ4v) is 6.68. The van der Waals surface area contributed by atoms with Gasteiger partial charge in [0.25, 0.3) is 5.91 Å². The van der Waals surface area contributed by atoms with Crippen molar-refractivity contribution in [1.29, 1.82) is 0 Å². The molecule has 7 nitrogen and oxygen atoms in total. The molecule has 3 aromatic carbocycles. The monoisotopic (exact) mass is 615 g/mol. The normalized spacial score (nSPS) is 22.0. The zero-order chi connectivity index (χ0) is 30.4. The molecule has 0 saturated carbocycles. The van der Waals surface area contributed by atoms with Gasteiger partial charge in [-0.2, -0.15) is 0 Å². The van der Waals surface area contributed by atoms with Crippen molar-refractivity contribution in [3.63, 3.8) is 0 Å². The molecule has 3 aromatic rings. The van der Waals surface area contributed by atoms with Crippen LogP contribution in [-0.4, -0.2) is 45.3 Å². The number of halogens is 3. The molecule has 2 heterocycles. The minimum absolute atomic E-state index is 0.123. The van der Waals surface area contributed by atoms with E-state index in [2.05, 4.69) is 0 Å². The molecule has 0 unspecified atom stereocenters. The van der Waals surface area contributed by atoms with Gasteiger partial charge in [0.2, 0.25) is 0 Å². The van der Waals surface area contributed by atoms with Crippen molar-refractivity contribution >= 4 is 35.1 Å². The van der Waals surface area contributed by atoms with Gasteiger partial charge in [0, 0.05) is 28.8 Å². The Morgan fingerprint density at radius 3 is 2.21 bits per heavy atom. The number of carbonyl (C=O) groups excluding carboxylic acids is 1. The van der Waals surface area contributed by atoms with Crippen molar-refractivity contribution in [1.82, 2.24) is 4.90 Å². The molecule has 0 aromatic heterocycles. The molecule has 42 heavy (non-hydrogen) atoms. The number of carboxylic acids is 1. The van der Waals surface area contributed by atoms with E-state index < -0.39 is 41.0 Å². The second kappa shape index (κ2) is 11.6. The quantitative estimate of drug-likeness (QED) is 0.276. The highest BCUT2D eigenvalue weighted by molar-refractivity contribution is 6.30. The molecule has 2 aliphatic heterocycles. The number of nitrogens with zero attached hydrogens (tertiary/aromatic N) is 1. The topological polar surface area (TPSA) is 107 Å². The standard InChI is InChI=1S/C32H32Cl2FNO6/c1-3-31(40,20-12-14-42-15-13-20)22-16-25-27(26(35)17-22)32(41,21-6-10-24(34)11-7-21)36(29(25)37)28(18(2)30(38)39)19-4-8-23(33)9-5-19/h4-11,16-18,20,28,40-41H,3,12-15H2,1-2H3,(H,38,39)/t18-,28-,31-,32+/m0/s1. The lowest BCUT2D eigenvalue weighted by Crippen LogP contribution is -2.49. The van der Waals surface area contributed by atoms with Gasteiger partial charge in [0.1, 0.15) is 5.82 Å². The van der Waals surface area contributed by atoms with Crippen LogP contribution >= 0.6 is 23.2 Å². The Hall–Kier alpha value is -3.01. The van der Waals surface area contributed by atoms with E-state index in [1.165, 1.54) is 43.3 Å². The SMILES string of the molecule is CC[C@@](O)(c1cc(F)c2c(c1)C(=O)N([C@H](c1ccc(Cl)cc1)[C@H](C)C(=O)O)[C@@]2(O)c1ccc(Cl)cc1)C1CCOCC1. The Morgan fingerprint density at radius 1 is 1.10 bits per heavy atom. The summed E-state index contributed by atoms with van der Waals surface area (Å²) >= 11 is 12.2. The molecule has 1 fully saturated rings. The third-order valence-corrected chi connectivity index (χ3v) is 9.28. The van der Waals surface area contributed by atoms with Gasteiger partial charge in [0.15, 0.2) is 5.72 Å². The first kappa shape index (κ1) is 30.4. The van der Waals surface area contributed by atoms with E-state index in [1.54, 1.807) is 31.2 Å². The van der Waals surface area contributed by atoms with E-state index in [-0.39, 0.29) is 34.6 Å². The maximum Gasteiger partial charge on any atom is 0.308 e. The molecule has 2 aliphatic rings. The van der Waals surface area contributed by atoms with Crippen LogP contribution in [0.1, 0.15) is 71.8 Å². The first-order valence-corrected chi connectivity index (χ1v) is 14.6. The number of rotatable bonds is 8. The molecular weight excluding hydrogens is 584 g/mol. The molecule has 0 aliphatic carbocycles. The Balaban J connectivity index is 1.76. The van der Waals surface area contributed by atoms with Crippen LogP contribution in [0.4, 0.5) is 4.39 Å². The van der Waals surface area contributed by atoms with Crippen LogP contribution in [0.3, 0.4) is 0 Å². The molecule has 0 spiro atoms. The number of carbonyl (C=O) groups is 2. The van der Waals surface area contributed by atoms with Crippen LogP contribution < -0.4 is 0 Å². The Morgan fingerprint density at radius 2 is 1.67 bits per heavy atom. The molecule has 1 saturated heterocycles. The predicted molar refractivity (Wildman–Crippen MR) is 156 cm³/mol. The van der Waals surface area contributed by atoms with Crippen LogP contribution in [0, 0.1) is 17.7 Å². The van der Waals surface area contributed by atoms with Gasteiger partial charge in [-0.05, 0) is 79.6 Å². The largest absolute Gasteiger partial charge is 0.481 e. The van der Waals surface area contributed by atoms with Crippen molar-refractivity contribution in [2.24, 2.45) is 11.8 Å². The molecule has 1 amide bonds. The van der Waals surface area contributed by atoms with E-state index in [1.807, 2.05) is 0 Å². The highest BCUT2D eigenvalue weighted by Crippen LogP contribution is 2.51. The summed E-state index contributed by atoms with van der Waals surface area (Å²) in [7, 11) is 0. The lowest BCUT2D eigenvalue weighted by atomic mass is 9.74. The minimum Gasteiger partial charge on any atom is -0.481 e. The lowest BCUT2D eigenvalue weighted by Gasteiger charge is -2.42. The number of benzene rings is 3. The summed E-state index contributed by atoms with van der Waals surface area (Å²) < 4.78 is 21.9. The third-order valence-electron chi connectivity index (χ3n) is 8.77. The summed E-state index contributed by atoms with van der Waals surface area (Å²) in [5.41, 5.74) is -3.60. The number of aliphatic carboxylic acids is 1. The highest BCUT2D eigenvalue weighted by atomic mass is 35.5. The van der Waals surface area contributed by atoms with Gasteiger partial charge < -0.3 is 20.1 Å². The Bertz CT molecular complexity index is 1490. The maximum atomic E-state index is 16.4. The van der Waals surface area contributed by atoms with Gasteiger partial charge in [-0.25, -0.2) is 4.39 Å². The summed E-state index contributed by atoms with van der Waals surface area (Å²) in [6.45, 7) is 4.13. The van der Waals surface area contributed by atoms with Gasteiger partial charge >= 0.3 is 5.97 Å². The average Bonchev–Trinajstić information content (AvgIpc) is 3.21.